The number of benzene rings is 2. The van der Waals surface area contributed by atoms with Gasteiger partial charge >= 0.3 is 5.97 Å². The summed E-state index contributed by atoms with van der Waals surface area (Å²) in [5.41, 5.74) is 2.89. The molecule has 0 saturated carbocycles. The topological polar surface area (TPSA) is 61.6 Å². The molecule has 37 heavy (non-hydrogen) atoms. The van der Waals surface area contributed by atoms with Gasteiger partial charge in [-0.15, -0.1) is 0 Å². The van der Waals surface area contributed by atoms with E-state index in [2.05, 4.69) is 52.0 Å². The van der Waals surface area contributed by atoms with Crippen molar-refractivity contribution in [1.82, 2.24) is 4.98 Å². The normalized spacial score (nSPS) is 13.5. The van der Waals surface area contributed by atoms with Crippen LogP contribution >= 0.6 is 0 Å². The van der Waals surface area contributed by atoms with Gasteiger partial charge in [0.25, 0.3) is 0 Å². The molecule has 0 spiro atoms. The molecular weight excluding hydrogens is 478 g/mol. The molecule has 1 aromatic heterocycles. The average molecular weight is 520 g/mol. The first-order valence-electron chi connectivity index (χ1n) is 13.6. The molecule has 0 unspecified atom stereocenters. The molecule has 2 atom stereocenters. The summed E-state index contributed by atoms with van der Waals surface area (Å²) in [6, 6.07) is 23.5. The zero-order valence-electron chi connectivity index (χ0n) is 22.9. The Morgan fingerprint density at radius 2 is 1.54 bits per heavy atom. The number of carbonyl (C=O) groups is 1. The largest absolute Gasteiger partial charge is 0.463 e. The monoisotopic (exact) mass is 519 g/mol. The van der Waals surface area contributed by atoms with Crippen molar-refractivity contribution in [3.63, 3.8) is 0 Å². The summed E-state index contributed by atoms with van der Waals surface area (Å²) in [6.45, 7) is 11.0. The van der Waals surface area contributed by atoms with Crippen molar-refractivity contribution >= 4 is 14.3 Å². The van der Waals surface area contributed by atoms with Gasteiger partial charge in [0.15, 0.2) is 20.0 Å². The summed E-state index contributed by atoms with van der Waals surface area (Å²) >= 11 is 0. The molecule has 3 rings (SSSR count). The molecule has 0 fully saturated rings. The van der Waals surface area contributed by atoms with Crippen LogP contribution in [0.3, 0.4) is 0 Å². The van der Waals surface area contributed by atoms with Crippen molar-refractivity contribution in [2.45, 2.75) is 71.7 Å². The SMILES string of the molecule is CCOC(=O)/C=C/[C@H](C)[C@@H](CCc1nc(-c2ccccc2)c(-c2ccccc2)o1)O[Si](CC)(CC)CC. The maximum atomic E-state index is 11.9. The molecule has 0 aliphatic heterocycles. The zero-order valence-corrected chi connectivity index (χ0v) is 23.9. The number of oxazole rings is 1. The Balaban J connectivity index is 1.88. The van der Waals surface area contributed by atoms with E-state index in [0.717, 1.165) is 47.1 Å². The van der Waals surface area contributed by atoms with Crippen LogP contribution in [-0.4, -0.2) is 32.0 Å². The molecule has 3 aromatic rings. The number of ether oxygens (including phenoxy) is 1. The third kappa shape index (κ3) is 7.76. The highest BCUT2D eigenvalue weighted by molar-refractivity contribution is 6.73. The van der Waals surface area contributed by atoms with Crippen molar-refractivity contribution in [3.8, 4) is 22.6 Å². The summed E-state index contributed by atoms with van der Waals surface area (Å²) in [7, 11) is -1.86. The van der Waals surface area contributed by atoms with Crippen LogP contribution in [0.25, 0.3) is 22.6 Å². The Labute approximate surface area is 223 Å². The van der Waals surface area contributed by atoms with Crippen LogP contribution in [0.4, 0.5) is 0 Å². The van der Waals surface area contributed by atoms with Crippen LogP contribution in [0, 0.1) is 5.92 Å². The van der Waals surface area contributed by atoms with E-state index in [1.165, 1.54) is 6.08 Å². The first kappa shape index (κ1) is 28.6. The van der Waals surface area contributed by atoms with Gasteiger partial charge < -0.3 is 13.6 Å². The number of aryl methyl sites for hydroxylation is 1. The van der Waals surface area contributed by atoms with E-state index in [9.17, 15) is 4.79 Å². The number of esters is 1. The van der Waals surface area contributed by atoms with Crippen LogP contribution in [0.5, 0.6) is 0 Å². The van der Waals surface area contributed by atoms with E-state index in [1.54, 1.807) is 0 Å². The standard InChI is InChI=1S/C31H41NO4Si/c1-6-34-29(33)23-20-24(5)27(36-37(7-2,8-3)9-4)21-22-28-32-30(25-16-12-10-13-17-25)31(35-28)26-18-14-11-15-19-26/h10-20,23-24,27H,6-9,21-22H2,1-5H3/b23-20+/t24-,27+/m0/s1. The molecule has 0 aliphatic carbocycles. The maximum Gasteiger partial charge on any atom is 0.330 e. The lowest BCUT2D eigenvalue weighted by Gasteiger charge is -2.35. The first-order chi connectivity index (χ1) is 17.9. The molecule has 0 bridgehead atoms. The Morgan fingerprint density at radius 1 is 0.946 bits per heavy atom. The minimum atomic E-state index is -1.86. The van der Waals surface area contributed by atoms with Crippen molar-refractivity contribution in [3.05, 3.63) is 78.7 Å². The van der Waals surface area contributed by atoms with Crippen LogP contribution in [-0.2, 0) is 20.4 Å². The molecule has 0 N–H and O–H groups in total. The summed E-state index contributed by atoms with van der Waals surface area (Å²) < 4.78 is 18.4. The second-order valence-corrected chi connectivity index (χ2v) is 14.1. The van der Waals surface area contributed by atoms with Gasteiger partial charge in [-0.25, -0.2) is 9.78 Å². The smallest absolute Gasteiger partial charge is 0.330 e. The minimum Gasteiger partial charge on any atom is -0.463 e. The van der Waals surface area contributed by atoms with Gasteiger partial charge in [0.05, 0.1) is 12.7 Å². The predicted octanol–water partition coefficient (Wildman–Crippen LogP) is 8.09. The Kier molecular flexibility index (Phi) is 10.9. The second-order valence-electron chi connectivity index (χ2n) is 9.43. The lowest BCUT2D eigenvalue weighted by atomic mass is 10.00. The molecule has 0 aliphatic rings. The minimum absolute atomic E-state index is 0.0376. The molecule has 6 heteroatoms. The van der Waals surface area contributed by atoms with E-state index in [4.69, 9.17) is 18.6 Å². The van der Waals surface area contributed by atoms with E-state index >= 15 is 0 Å². The zero-order chi connectivity index (χ0) is 26.7. The van der Waals surface area contributed by atoms with Gasteiger partial charge in [0.2, 0.25) is 0 Å². The molecule has 0 amide bonds. The van der Waals surface area contributed by atoms with Crippen LogP contribution < -0.4 is 0 Å². The van der Waals surface area contributed by atoms with Gasteiger partial charge in [-0.3, -0.25) is 0 Å². The summed E-state index contributed by atoms with van der Waals surface area (Å²) in [5, 5.41) is 0. The van der Waals surface area contributed by atoms with Gasteiger partial charge in [-0.2, -0.15) is 0 Å². The third-order valence-corrected chi connectivity index (χ3v) is 11.8. The number of hydrogen-bond donors (Lipinski definition) is 0. The number of hydrogen-bond acceptors (Lipinski definition) is 5. The van der Waals surface area contributed by atoms with Gasteiger partial charge in [0, 0.05) is 23.6 Å². The maximum absolute atomic E-state index is 11.9. The molecule has 0 saturated heterocycles. The number of aromatic nitrogens is 1. The average Bonchev–Trinajstić information content (AvgIpc) is 3.38. The van der Waals surface area contributed by atoms with Crippen molar-refractivity contribution < 1.29 is 18.4 Å². The third-order valence-electron chi connectivity index (χ3n) is 7.14. The molecule has 1 heterocycles. The van der Waals surface area contributed by atoms with Gasteiger partial charge in [0.1, 0.15) is 5.69 Å². The molecule has 198 valence electrons. The van der Waals surface area contributed by atoms with E-state index in [0.29, 0.717) is 18.9 Å². The lowest BCUT2D eigenvalue weighted by molar-refractivity contribution is -0.137. The summed E-state index contributed by atoms with van der Waals surface area (Å²) in [5.74, 6) is 1.22. The fraction of sp³-hybridized carbons (Fsp3) is 0.419. The first-order valence-corrected chi connectivity index (χ1v) is 16.1. The number of nitrogens with zero attached hydrogens (tertiary/aromatic N) is 1. The van der Waals surface area contributed by atoms with Gasteiger partial charge in [-0.1, -0.05) is 94.4 Å². The molecule has 2 aromatic carbocycles. The highest BCUT2D eigenvalue weighted by Crippen LogP contribution is 2.34. The number of carbonyl (C=O) groups excluding carboxylic acids is 1. The predicted molar refractivity (Wildman–Crippen MR) is 153 cm³/mol. The second kappa shape index (κ2) is 14.1. The van der Waals surface area contributed by atoms with E-state index in [-0.39, 0.29) is 18.0 Å². The van der Waals surface area contributed by atoms with Crippen molar-refractivity contribution in [2.24, 2.45) is 5.92 Å². The Morgan fingerprint density at radius 3 is 2.11 bits per heavy atom. The highest BCUT2D eigenvalue weighted by atomic mass is 28.4. The summed E-state index contributed by atoms with van der Waals surface area (Å²) in [4.78, 5) is 16.9. The van der Waals surface area contributed by atoms with E-state index < -0.39 is 8.32 Å². The van der Waals surface area contributed by atoms with Crippen molar-refractivity contribution in [1.29, 1.82) is 0 Å². The van der Waals surface area contributed by atoms with Crippen molar-refractivity contribution in [2.75, 3.05) is 6.61 Å². The quantitative estimate of drug-likeness (QED) is 0.122. The van der Waals surface area contributed by atoms with Crippen LogP contribution in [0.15, 0.2) is 77.2 Å². The molecule has 5 nitrogen and oxygen atoms in total. The molecular formula is C31H41NO4Si. The lowest BCUT2D eigenvalue weighted by Crippen LogP contribution is -2.42. The van der Waals surface area contributed by atoms with Gasteiger partial charge in [-0.05, 0) is 37.4 Å². The van der Waals surface area contributed by atoms with E-state index in [1.807, 2.05) is 49.4 Å². The summed E-state index contributed by atoms with van der Waals surface area (Å²) in [6.07, 6.45) is 4.82. The Hall–Kier alpha value is -2.96. The fourth-order valence-corrected chi connectivity index (χ4v) is 7.58. The fourth-order valence-electron chi connectivity index (χ4n) is 4.61. The van der Waals surface area contributed by atoms with Crippen LogP contribution in [0.1, 0.15) is 46.9 Å². The van der Waals surface area contributed by atoms with Crippen LogP contribution in [0.2, 0.25) is 18.1 Å². The Bertz CT molecular complexity index is 1060. The number of rotatable bonds is 14. The molecule has 0 radical (unpaired) electrons. The highest BCUT2D eigenvalue weighted by Gasteiger charge is 2.33.